The molecule has 2 aromatic carbocycles. The lowest BCUT2D eigenvalue weighted by molar-refractivity contribution is 0.602. The smallest absolute Gasteiger partial charge is 0.177 e. The van der Waals surface area contributed by atoms with Crippen molar-refractivity contribution in [3.8, 4) is 0 Å². The van der Waals surface area contributed by atoms with Crippen molar-refractivity contribution < 1.29 is 8.42 Å². The van der Waals surface area contributed by atoms with E-state index in [2.05, 4.69) is 9.97 Å². The number of para-hydroxylation sites is 1. The largest absolute Gasteiger partial charge is 0.340 e. The molecule has 3 N–H and O–H groups in total. The third kappa shape index (κ3) is 2.55. The summed E-state index contributed by atoms with van der Waals surface area (Å²) in [6.45, 7) is 0. The van der Waals surface area contributed by atoms with E-state index in [0.717, 1.165) is 5.56 Å². The normalized spacial score (nSPS) is 13.4. The number of hydrogen-bond acceptors (Lipinski definition) is 4. The summed E-state index contributed by atoms with van der Waals surface area (Å²) in [6.07, 6.45) is 1.17. The number of rotatable bonds is 3. The Bertz CT molecular complexity index is 886. The molecule has 3 rings (SSSR count). The Morgan fingerprint density at radius 1 is 1.10 bits per heavy atom. The Labute approximate surface area is 122 Å². The molecule has 0 saturated carbocycles. The molecule has 21 heavy (non-hydrogen) atoms. The molecule has 0 bridgehead atoms. The van der Waals surface area contributed by atoms with Gasteiger partial charge in [-0.05, 0) is 17.7 Å². The Morgan fingerprint density at radius 2 is 1.81 bits per heavy atom. The van der Waals surface area contributed by atoms with Crippen LogP contribution < -0.4 is 5.73 Å². The molecule has 0 saturated heterocycles. The van der Waals surface area contributed by atoms with E-state index in [1.807, 2.05) is 30.3 Å². The first-order valence-electron chi connectivity index (χ1n) is 6.46. The van der Waals surface area contributed by atoms with Crippen LogP contribution in [0.4, 0.5) is 0 Å². The van der Waals surface area contributed by atoms with Crippen LogP contribution in [0.2, 0.25) is 0 Å². The fourth-order valence-electron chi connectivity index (χ4n) is 2.29. The second-order valence-corrected chi connectivity index (χ2v) is 6.92. The third-order valence-electron chi connectivity index (χ3n) is 3.35. The predicted octanol–water partition coefficient (Wildman–Crippen LogP) is 2.01. The summed E-state index contributed by atoms with van der Waals surface area (Å²) in [5, 5.41) is 0. The number of aromatic amines is 1. The molecule has 0 radical (unpaired) electrons. The number of H-pyrrole nitrogens is 1. The standard InChI is InChI=1S/C15H15N3O2S/c1-21(19,20)12-9-5-8-11-14(12)18-15(17-11)13(16)10-6-3-2-4-7-10/h2-9,13H,16H2,1H3,(H,17,18). The van der Waals surface area contributed by atoms with Crippen molar-refractivity contribution in [2.24, 2.45) is 5.73 Å². The highest BCUT2D eigenvalue weighted by Gasteiger charge is 2.18. The van der Waals surface area contributed by atoms with Crippen molar-refractivity contribution in [1.82, 2.24) is 9.97 Å². The van der Waals surface area contributed by atoms with Gasteiger partial charge in [-0.1, -0.05) is 36.4 Å². The van der Waals surface area contributed by atoms with Gasteiger partial charge in [0.25, 0.3) is 0 Å². The molecule has 1 unspecified atom stereocenters. The SMILES string of the molecule is CS(=O)(=O)c1cccc2[nH]c(C(N)c3ccccc3)nc12. The molecule has 108 valence electrons. The molecular formula is C15H15N3O2S. The Hall–Kier alpha value is -2.18. The van der Waals surface area contributed by atoms with E-state index < -0.39 is 15.9 Å². The number of sulfone groups is 1. The van der Waals surface area contributed by atoms with Crippen LogP contribution >= 0.6 is 0 Å². The van der Waals surface area contributed by atoms with Crippen molar-refractivity contribution in [2.75, 3.05) is 6.26 Å². The molecular weight excluding hydrogens is 286 g/mol. The molecule has 0 amide bonds. The van der Waals surface area contributed by atoms with E-state index in [9.17, 15) is 8.42 Å². The summed E-state index contributed by atoms with van der Waals surface area (Å²) in [4.78, 5) is 7.71. The highest BCUT2D eigenvalue weighted by Crippen LogP contribution is 2.24. The van der Waals surface area contributed by atoms with E-state index >= 15 is 0 Å². The molecule has 1 atom stereocenters. The minimum absolute atomic E-state index is 0.211. The maximum atomic E-state index is 11.8. The zero-order valence-corrected chi connectivity index (χ0v) is 12.3. The van der Waals surface area contributed by atoms with Gasteiger partial charge in [-0.2, -0.15) is 0 Å². The van der Waals surface area contributed by atoms with Crippen LogP contribution in [0.5, 0.6) is 0 Å². The lowest BCUT2D eigenvalue weighted by Gasteiger charge is -2.08. The summed E-state index contributed by atoms with van der Waals surface area (Å²) < 4.78 is 23.6. The van der Waals surface area contributed by atoms with E-state index in [4.69, 9.17) is 5.73 Å². The zero-order valence-electron chi connectivity index (χ0n) is 11.4. The van der Waals surface area contributed by atoms with Gasteiger partial charge in [-0.3, -0.25) is 0 Å². The van der Waals surface area contributed by atoms with Gasteiger partial charge in [0.05, 0.1) is 16.5 Å². The predicted molar refractivity (Wildman–Crippen MR) is 81.7 cm³/mol. The first-order chi connectivity index (χ1) is 9.97. The van der Waals surface area contributed by atoms with Crippen LogP contribution in [0.25, 0.3) is 11.0 Å². The van der Waals surface area contributed by atoms with Crippen molar-refractivity contribution in [2.45, 2.75) is 10.9 Å². The Kier molecular flexibility index (Phi) is 3.27. The van der Waals surface area contributed by atoms with E-state index in [1.54, 1.807) is 18.2 Å². The molecule has 0 aliphatic heterocycles. The second-order valence-electron chi connectivity index (χ2n) is 4.93. The van der Waals surface area contributed by atoms with Crippen molar-refractivity contribution in [3.05, 3.63) is 59.9 Å². The Morgan fingerprint density at radius 3 is 2.48 bits per heavy atom. The van der Waals surface area contributed by atoms with E-state index in [0.29, 0.717) is 16.9 Å². The van der Waals surface area contributed by atoms with Gasteiger partial charge in [0.15, 0.2) is 9.84 Å². The maximum Gasteiger partial charge on any atom is 0.177 e. The minimum atomic E-state index is -3.33. The number of imidazole rings is 1. The van der Waals surface area contributed by atoms with Gasteiger partial charge >= 0.3 is 0 Å². The molecule has 1 heterocycles. The molecule has 0 aliphatic rings. The average Bonchev–Trinajstić information content (AvgIpc) is 2.90. The molecule has 0 spiro atoms. The van der Waals surface area contributed by atoms with Gasteiger partial charge < -0.3 is 10.7 Å². The molecule has 3 aromatic rings. The zero-order chi connectivity index (χ0) is 15.0. The summed E-state index contributed by atoms with van der Waals surface area (Å²) >= 11 is 0. The van der Waals surface area contributed by atoms with E-state index in [1.165, 1.54) is 6.26 Å². The minimum Gasteiger partial charge on any atom is -0.340 e. The molecule has 1 aromatic heterocycles. The van der Waals surface area contributed by atoms with Crippen LogP contribution in [0, 0.1) is 0 Å². The van der Waals surface area contributed by atoms with Gasteiger partial charge in [0.1, 0.15) is 11.3 Å². The van der Waals surface area contributed by atoms with Crippen molar-refractivity contribution in [3.63, 3.8) is 0 Å². The first-order valence-corrected chi connectivity index (χ1v) is 8.35. The number of nitrogens with zero attached hydrogens (tertiary/aromatic N) is 1. The summed E-state index contributed by atoms with van der Waals surface area (Å²) in [7, 11) is -3.33. The monoisotopic (exact) mass is 301 g/mol. The third-order valence-corrected chi connectivity index (χ3v) is 4.48. The second kappa shape index (κ2) is 4.98. The van der Waals surface area contributed by atoms with Crippen molar-refractivity contribution >= 4 is 20.9 Å². The molecule has 0 aliphatic carbocycles. The van der Waals surface area contributed by atoms with Gasteiger partial charge in [0.2, 0.25) is 0 Å². The molecule has 6 heteroatoms. The number of hydrogen-bond donors (Lipinski definition) is 2. The lowest BCUT2D eigenvalue weighted by atomic mass is 10.1. The fourth-order valence-corrected chi connectivity index (χ4v) is 3.12. The fraction of sp³-hybridized carbons (Fsp3) is 0.133. The number of fused-ring (bicyclic) bond motifs is 1. The van der Waals surface area contributed by atoms with Crippen LogP contribution in [-0.2, 0) is 9.84 Å². The average molecular weight is 301 g/mol. The lowest BCUT2D eigenvalue weighted by Crippen LogP contribution is -2.13. The molecule has 0 fully saturated rings. The van der Waals surface area contributed by atoms with Crippen LogP contribution in [0.3, 0.4) is 0 Å². The number of nitrogens with two attached hydrogens (primary N) is 1. The Balaban J connectivity index is 2.14. The first kappa shape index (κ1) is 13.8. The van der Waals surface area contributed by atoms with Gasteiger partial charge in [-0.25, -0.2) is 13.4 Å². The summed E-state index contributed by atoms with van der Waals surface area (Å²) in [5.41, 5.74) is 8.21. The van der Waals surface area contributed by atoms with Crippen molar-refractivity contribution in [1.29, 1.82) is 0 Å². The van der Waals surface area contributed by atoms with Gasteiger partial charge in [0, 0.05) is 6.26 Å². The summed E-state index contributed by atoms with van der Waals surface area (Å²) in [6, 6.07) is 14.1. The van der Waals surface area contributed by atoms with E-state index in [-0.39, 0.29) is 4.90 Å². The summed E-state index contributed by atoms with van der Waals surface area (Å²) in [5.74, 6) is 0.548. The molecule has 5 nitrogen and oxygen atoms in total. The topological polar surface area (TPSA) is 88.8 Å². The number of aromatic nitrogens is 2. The van der Waals surface area contributed by atoms with Crippen LogP contribution in [-0.4, -0.2) is 24.6 Å². The maximum absolute atomic E-state index is 11.8. The van der Waals surface area contributed by atoms with Gasteiger partial charge in [-0.15, -0.1) is 0 Å². The number of benzene rings is 2. The highest BCUT2D eigenvalue weighted by molar-refractivity contribution is 7.91. The quantitative estimate of drug-likeness (QED) is 0.774. The van der Waals surface area contributed by atoms with Crippen LogP contribution in [0.15, 0.2) is 53.4 Å². The number of nitrogens with one attached hydrogen (secondary N) is 1. The van der Waals surface area contributed by atoms with Crippen LogP contribution in [0.1, 0.15) is 17.4 Å². The highest BCUT2D eigenvalue weighted by atomic mass is 32.2.